The van der Waals surface area contributed by atoms with Crippen LogP contribution in [0.2, 0.25) is 0 Å². The van der Waals surface area contributed by atoms with E-state index in [1.54, 1.807) is 13.0 Å². The fourth-order valence-electron chi connectivity index (χ4n) is 1.21. The van der Waals surface area contributed by atoms with Gasteiger partial charge in [-0.15, -0.1) is 0 Å². The summed E-state index contributed by atoms with van der Waals surface area (Å²) in [4.78, 5) is 10.1. The minimum absolute atomic E-state index is 0.359. The highest BCUT2D eigenvalue weighted by molar-refractivity contribution is 5.81. The zero-order chi connectivity index (χ0) is 15.6. The predicted molar refractivity (Wildman–Crippen MR) is 72.4 cm³/mol. The molecule has 0 radical (unpaired) electrons. The van der Waals surface area contributed by atoms with E-state index < -0.39 is 11.7 Å². The van der Waals surface area contributed by atoms with E-state index >= 15 is 0 Å². The van der Waals surface area contributed by atoms with Crippen molar-refractivity contribution in [1.29, 1.82) is 0 Å². The number of hydrogen-bond donors (Lipinski definition) is 1. The zero-order valence-electron chi connectivity index (χ0n) is 11.5. The highest BCUT2D eigenvalue weighted by Crippen LogP contribution is 2.30. The van der Waals surface area contributed by atoms with Crippen molar-refractivity contribution in [3.8, 4) is 0 Å². The van der Waals surface area contributed by atoms with Gasteiger partial charge in [-0.05, 0) is 32.0 Å². The molecule has 0 fully saturated rings. The third-order valence-corrected chi connectivity index (χ3v) is 2.02. The number of nitrogens with one attached hydrogen (secondary N) is 1. The molecule has 0 aliphatic heterocycles. The molecule has 6 heteroatoms. The lowest BCUT2D eigenvalue weighted by molar-refractivity contribution is -0.138. The van der Waals surface area contributed by atoms with Gasteiger partial charge in [0.25, 0.3) is 0 Å². The van der Waals surface area contributed by atoms with Gasteiger partial charge in [-0.3, -0.25) is 0 Å². The SMILES string of the molecule is C=CC(=O)OCC.CCNc1cccc(C(F)(F)F)c1. The van der Waals surface area contributed by atoms with E-state index in [1.807, 2.05) is 6.92 Å². The van der Waals surface area contributed by atoms with E-state index in [0.29, 0.717) is 18.8 Å². The first-order valence-electron chi connectivity index (χ1n) is 6.05. The van der Waals surface area contributed by atoms with Crippen molar-refractivity contribution in [3.63, 3.8) is 0 Å². The van der Waals surface area contributed by atoms with Crippen molar-refractivity contribution in [3.05, 3.63) is 42.5 Å². The molecule has 0 unspecified atom stereocenters. The molecule has 20 heavy (non-hydrogen) atoms. The summed E-state index contributed by atoms with van der Waals surface area (Å²) in [7, 11) is 0. The highest BCUT2D eigenvalue weighted by atomic mass is 19.4. The Labute approximate surface area is 116 Å². The molecule has 0 heterocycles. The Hall–Kier alpha value is -1.98. The molecule has 1 aromatic carbocycles. The van der Waals surface area contributed by atoms with Crippen molar-refractivity contribution in [2.75, 3.05) is 18.5 Å². The van der Waals surface area contributed by atoms with Gasteiger partial charge >= 0.3 is 12.1 Å². The van der Waals surface area contributed by atoms with Crippen LogP contribution in [0.1, 0.15) is 19.4 Å². The number of rotatable bonds is 4. The molecule has 0 aliphatic carbocycles. The number of carbonyl (C=O) groups excluding carboxylic acids is 1. The Kier molecular flexibility index (Phi) is 8.12. The van der Waals surface area contributed by atoms with Gasteiger partial charge in [0.05, 0.1) is 12.2 Å². The number of hydrogen-bond acceptors (Lipinski definition) is 3. The van der Waals surface area contributed by atoms with Crippen LogP contribution in [0, 0.1) is 0 Å². The van der Waals surface area contributed by atoms with Gasteiger partial charge in [0.15, 0.2) is 0 Å². The molecular formula is C14H18F3NO2. The van der Waals surface area contributed by atoms with Crippen LogP contribution in [-0.2, 0) is 15.7 Å². The summed E-state index contributed by atoms with van der Waals surface area (Å²) in [5.41, 5.74) is -0.122. The first-order chi connectivity index (χ1) is 9.35. The van der Waals surface area contributed by atoms with Gasteiger partial charge in [0, 0.05) is 18.3 Å². The van der Waals surface area contributed by atoms with Gasteiger partial charge in [-0.1, -0.05) is 12.6 Å². The molecule has 1 N–H and O–H groups in total. The molecule has 0 aromatic heterocycles. The second kappa shape index (κ2) is 9.01. The maximum Gasteiger partial charge on any atom is 0.416 e. The summed E-state index contributed by atoms with van der Waals surface area (Å²) in [5.74, 6) is -0.359. The Bertz CT molecular complexity index is 431. The maximum absolute atomic E-state index is 12.2. The van der Waals surface area contributed by atoms with Crippen LogP contribution in [0.4, 0.5) is 18.9 Å². The van der Waals surface area contributed by atoms with Crippen LogP contribution >= 0.6 is 0 Å². The maximum atomic E-state index is 12.2. The summed E-state index contributed by atoms with van der Waals surface area (Å²) in [5, 5.41) is 2.82. The van der Waals surface area contributed by atoms with Gasteiger partial charge in [-0.2, -0.15) is 13.2 Å². The second-order valence-corrected chi connectivity index (χ2v) is 3.57. The molecule has 1 aromatic rings. The molecule has 0 saturated carbocycles. The third-order valence-electron chi connectivity index (χ3n) is 2.02. The molecule has 0 bridgehead atoms. The van der Waals surface area contributed by atoms with E-state index in [0.717, 1.165) is 18.2 Å². The number of halogens is 3. The monoisotopic (exact) mass is 289 g/mol. The van der Waals surface area contributed by atoms with Gasteiger partial charge in [-0.25, -0.2) is 4.79 Å². The van der Waals surface area contributed by atoms with Crippen molar-refractivity contribution in [2.45, 2.75) is 20.0 Å². The van der Waals surface area contributed by atoms with Crippen LogP contribution in [0.15, 0.2) is 36.9 Å². The first kappa shape index (κ1) is 18.0. The van der Waals surface area contributed by atoms with Crippen LogP contribution in [0.3, 0.4) is 0 Å². The summed E-state index contributed by atoms with van der Waals surface area (Å²) in [6, 6.07) is 5.16. The Morgan fingerprint density at radius 3 is 2.45 bits per heavy atom. The van der Waals surface area contributed by atoms with Crippen molar-refractivity contribution in [2.24, 2.45) is 0 Å². The number of anilines is 1. The third kappa shape index (κ3) is 7.45. The van der Waals surface area contributed by atoms with Gasteiger partial charge in [0.1, 0.15) is 0 Å². The molecule has 0 amide bonds. The van der Waals surface area contributed by atoms with E-state index in [1.165, 1.54) is 6.07 Å². The van der Waals surface area contributed by atoms with E-state index in [4.69, 9.17) is 0 Å². The average Bonchev–Trinajstić information content (AvgIpc) is 2.39. The Morgan fingerprint density at radius 1 is 1.40 bits per heavy atom. The summed E-state index contributed by atoms with van der Waals surface area (Å²) in [6.45, 7) is 7.82. The minimum Gasteiger partial charge on any atom is -0.463 e. The summed E-state index contributed by atoms with van der Waals surface area (Å²) >= 11 is 0. The number of carbonyl (C=O) groups is 1. The van der Waals surface area contributed by atoms with Crippen molar-refractivity contribution >= 4 is 11.7 Å². The predicted octanol–water partition coefficient (Wildman–Crippen LogP) is 3.87. The normalized spacial score (nSPS) is 10.1. The van der Waals surface area contributed by atoms with Gasteiger partial charge in [0.2, 0.25) is 0 Å². The number of benzene rings is 1. The second-order valence-electron chi connectivity index (χ2n) is 3.57. The molecule has 1 rings (SSSR count). The van der Waals surface area contributed by atoms with Gasteiger partial charge < -0.3 is 10.1 Å². The Morgan fingerprint density at radius 2 is 2.05 bits per heavy atom. The van der Waals surface area contributed by atoms with Crippen molar-refractivity contribution in [1.82, 2.24) is 0 Å². The fourth-order valence-corrected chi connectivity index (χ4v) is 1.21. The smallest absolute Gasteiger partial charge is 0.416 e. The van der Waals surface area contributed by atoms with Crippen LogP contribution in [0.5, 0.6) is 0 Å². The molecule has 0 saturated heterocycles. The fraction of sp³-hybridized carbons (Fsp3) is 0.357. The number of ether oxygens (including phenoxy) is 1. The average molecular weight is 289 g/mol. The zero-order valence-corrected chi connectivity index (χ0v) is 11.5. The molecule has 0 spiro atoms. The summed E-state index contributed by atoms with van der Waals surface area (Å²) < 4.78 is 41.0. The van der Waals surface area contributed by atoms with Crippen LogP contribution in [-0.4, -0.2) is 19.1 Å². The molecule has 112 valence electrons. The van der Waals surface area contributed by atoms with E-state index in [9.17, 15) is 18.0 Å². The molecular weight excluding hydrogens is 271 g/mol. The lowest BCUT2D eigenvalue weighted by atomic mass is 10.2. The number of esters is 1. The van der Waals surface area contributed by atoms with Crippen LogP contribution < -0.4 is 5.32 Å². The van der Waals surface area contributed by atoms with E-state index in [2.05, 4.69) is 16.6 Å². The number of alkyl halides is 3. The minimum atomic E-state index is -4.26. The summed E-state index contributed by atoms with van der Waals surface area (Å²) in [6.07, 6.45) is -3.12. The van der Waals surface area contributed by atoms with E-state index in [-0.39, 0.29) is 5.97 Å². The van der Waals surface area contributed by atoms with Crippen molar-refractivity contribution < 1.29 is 22.7 Å². The topological polar surface area (TPSA) is 38.3 Å². The Balaban J connectivity index is 0.000000441. The van der Waals surface area contributed by atoms with Crippen LogP contribution in [0.25, 0.3) is 0 Å². The molecule has 0 atom stereocenters. The molecule has 3 nitrogen and oxygen atoms in total. The molecule has 0 aliphatic rings. The first-order valence-corrected chi connectivity index (χ1v) is 6.05. The lowest BCUT2D eigenvalue weighted by Crippen LogP contribution is -2.06. The lowest BCUT2D eigenvalue weighted by Gasteiger charge is -2.08. The standard InChI is InChI=1S/C9H10F3N.C5H8O2/c1-2-13-8-5-3-4-7(6-8)9(10,11)12;1-3-5(6)7-4-2/h3-6,13H,2H2,1H3;3H,1,4H2,2H3. The highest BCUT2D eigenvalue weighted by Gasteiger charge is 2.30. The largest absolute Gasteiger partial charge is 0.463 e. The quantitative estimate of drug-likeness (QED) is 0.675.